The standard InChI is InChI=1S/C27H22N2O2/c1-3-19-9-8-12-22-20-10-4-5-11-21(20)23-17-18(2)15-16-24(23)28(27(19)22)25-13-6-7-14-26(25)29(30)31/h4-17H,3H2,1-2H3. The Morgan fingerprint density at radius 2 is 1.45 bits per heavy atom. The SMILES string of the molecule is CCc1cccc2c1N(c1ccccc1[N+](=O)[O-])c1ccc(C)cc1-c1ccccc1-2. The molecule has 1 aliphatic rings. The number of nitro benzene ring substituents is 1. The van der Waals surface area contributed by atoms with Crippen LogP contribution in [0.1, 0.15) is 18.1 Å². The molecular weight excluding hydrogens is 384 g/mol. The molecule has 0 aromatic heterocycles. The van der Waals surface area contributed by atoms with E-state index < -0.39 is 0 Å². The lowest BCUT2D eigenvalue weighted by Crippen LogP contribution is -2.14. The maximum absolute atomic E-state index is 12.0. The third-order valence-corrected chi connectivity index (χ3v) is 5.94. The first-order valence-corrected chi connectivity index (χ1v) is 10.5. The minimum Gasteiger partial charge on any atom is -0.303 e. The largest absolute Gasteiger partial charge is 0.303 e. The molecule has 152 valence electrons. The minimum absolute atomic E-state index is 0.0943. The van der Waals surface area contributed by atoms with Crippen LogP contribution in [0.5, 0.6) is 0 Å². The molecule has 0 amide bonds. The van der Waals surface area contributed by atoms with Crippen LogP contribution < -0.4 is 4.90 Å². The Morgan fingerprint density at radius 3 is 2.19 bits per heavy atom. The Hall–Kier alpha value is -3.92. The van der Waals surface area contributed by atoms with Crippen molar-refractivity contribution in [1.29, 1.82) is 0 Å². The number of fused-ring (bicyclic) bond motifs is 5. The van der Waals surface area contributed by atoms with Crippen LogP contribution in [0.4, 0.5) is 22.7 Å². The van der Waals surface area contributed by atoms with Crippen molar-refractivity contribution in [2.45, 2.75) is 20.3 Å². The topological polar surface area (TPSA) is 46.4 Å². The molecule has 4 aromatic carbocycles. The van der Waals surface area contributed by atoms with E-state index in [4.69, 9.17) is 0 Å². The highest BCUT2D eigenvalue weighted by atomic mass is 16.6. The van der Waals surface area contributed by atoms with Gasteiger partial charge >= 0.3 is 0 Å². The summed E-state index contributed by atoms with van der Waals surface area (Å²) in [5, 5.41) is 12.0. The molecule has 0 saturated carbocycles. The smallest absolute Gasteiger partial charge is 0.293 e. The maximum Gasteiger partial charge on any atom is 0.293 e. The molecule has 0 fully saturated rings. The number of nitro groups is 1. The highest BCUT2D eigenvalue weighted by Crippen LogP contribution is 2.53. The van der Waals surface area contributed by atoms with E-state index in [9.17, 15) is 10.1 Å². The maximum atomic E-state index is 12.0. The minimum atomic E-state index is -0.296. The first-order chi connectivity index (χ1) is 15.1. The number of aryl methyl sites for hydroxylation is 2. The molecule has 31 heavy (non-hydrogen) atoms. The van der Waals surface area contributed by atoms with Gasteiger partial charge in [-0.1, -0.05) is 73.2 Å². The Balaban J connectivity index is 1.97. The third kappa shape index (κ3) is 2.99. The highest BCUT2D eigenvalue weighted by Gasteiger charge is 2.31. The van der Waals surface area contributed by atoms with Crippen LogP contribution in [0.25, 0.3) is 22.3 Å². The van der Waals surface area contributed by atoms with Crippen LogP contribution in [0.3, 0.4) is 0 Å². The number of hydrogen-bond acceptors (Lipinski definition) is 3. The molecule has 4 heteroatoms. The Morgan fingerprint density at radius 1 is 0.774 bits per heavy atom. The summed E-state index contributed by atoms with van der Waals surface area (Å²) in [6.07, 6.45) is 0.823. The molecule has 0 aliphatic carbocycles. The Labute approximate surface area is 181 Å². The van der Waals surface area contributed by atoms with Crippen molar-refractivity contribution in [3.05, 3.63) is 106 Å². The Kier molecular flexibility index (Phi) is 4.55. The predicted octanol–water partition coefficient (Wildman–Crippen LogP) is 7.58. The van der Waals surface area contributed by atoms with E-state index in [-0.39, 0.29) is 10.6 Å². The van der Waals surface area contributed by atoms with Crippen LogP contribution in [-0.4, -0.2) is 4.92 Å². The number of nitrogens with zero attached hydrogens (tertiary/aromatic N) is 2. The summed E-state index contributed by atoms with van der Waals surface area (Å²) in [7, 11) is 0. The van der Waals surface area contributed by atoms with Crippen molar-refractivity contribution in [3.63, 3.8) is 0 Å². The molecule has 5 rings (SSSR count). The quantitative estimate of drug-likeness (QED) is 0.229. The van der Waals surface area contributed by atoms with E-state index in [1.165, 1.54) is 0 Å². The molecule has 0 unspecified atom stereocenters. The molecule has 1 heterocycles. The first-order valence-electron chi connectivity index (χ1n) is 10.5. The van der Waals surface area contributed by atoms with Gasteiger partial charge in [0.2, 0.25) is 0 Å². The summed E-state index contributed by atoms with van der Waals surface area (Å²) in [6, 6.07) is 28.0. The average Bonchev–Trinajstić information content (AvgIpc) is 2.92. The molecular formula is C27H22N2O2. The fourth-order valence-electron chi connectivity index (χ4n) is 4.55. The summed E-state index contributed by atoms with van der Waals surface area (Å²) >= 11 is 0. The fourth-order valence-corrected chi connectivity index (χ4v) is 4.55. The van der Waals surface area contributed by atoms with Gasteiger partial charge in [0.25, 0.3) is 5.69 Å². The van der Waals surface area contributed by atoms with Gasteiger partial charge in [0.05, 0.1) is 16.3 Å². The molecule has 0 spiro atoms. The zero-order valence-electron chi connectivity index (χ0n) is 17.5. The second kappa shape index (κ2) is 7.40. The Bertz CT molecular complexity index is 1330. The summed E-state index contributed by atoms with van der Waals surface area (Å²) < 4.78 is 0. The van der Waals surface area contributed by atoms with Gasteiger partial charge in [-0.25, -0.2) is 0 Å². The number of hydrogen-bond donors (Lipinski definition) is 0. The number of benzene rings is 4. The van der Waals surface area contributed by atoms with Crippen molar-refractivity contribution in [1.82, 2.24) is 0 Å². The molecule has 4 nitrogen and oxygen atoms in total. The predicted molar refractivity (Wildman–Crippen MR) is 126 cm³/mol. The van der Waals surface area contributed by atoms with Gasteiger partial charge in [0, 0.05) is 17.2 Å². The lowest BCUT2D eigenvalue weighted by molar-refractivity contribution is -0.384. The van der Waals surface area contributed by atoms with Gasteiger partial charge in [0.15, 0.2) is 0 Å². The van der Waals surface area contributed by atoms with Crippen LogP contribution in [0, 0.1) is 17.0 Å². The molecule has 0 atom stereocenters. The van der Waals surface area contributed by atoms with E-state index in [2.05, 4.69) is 79.4 Å². The van der Waals surface area contributed by atoms with E-state index in [0.29, 0.717) is 5.69 Å². The van der Waals surface area contributed by atoms with Gasteiger partial charge in [-0.15, -0.1) is 0 Å². The van der Waals surface area contributed by atoms with E-state index in [1.54, 1.807) is 12.1 Å². The van der Waals surface area contributed by atoms with Crippen LogP contribution in [0.15, 0.2) is 84.9 Å². The summed E-state index contributed by atoms with van der Waals surface area (Å²) in [4.78, 5) is 13.8. The number of rotatable bonds is 3. The molecule has 0 radical (unpaired) electrons. The zero-order chi connectivity index (χ0) is 21.5. The van der Waals surface area contributed by atoms with Gasteiger partial charge in [-0.3, -0.25) is 10.1 Å². The molecule has 1 aliphatic heterocycles. The molecule has 0 bridgehead atoms. The summed E-state index contributed by atoms with van der Waals surface area (Å²) in [6.45, 7) is 4.20. The van der Waals surface area contributed by atoms with Crippen molar-refractivity contribution < 1.29 is 4.92 Å². The monoisotopic (exact) mass is 406 g/mol. The van der Waals surface area contributed by atoms with Crippen molar-refractivity contribution in [3.8, 4) is 22.3 Å². The summed E-state index contributed by atoms with van der Waals surface area (Å²) in [5.74, 6) is 0. The lowest BCUT2D eigenvalue weighted by Gasteiger charge is -2.29. The zero-order valence-corrected chi connectivity index (χ0v) is 17.5. The van der Waals surface area contributed by atoms with Crippen molar-refractivity contribution in [2.24, 2.45) is 0 Å². The highest BCUT2D eigenvalue weighted by molar-refractivity contribution is 6.04. The van der Waals surface area contributed by atoms with Crippen LogP contribution in [-0.2, 0) is 6.42 Å². The number of anilines is 3. The fraction of sp³-hybridized carbons (Fsp3) is 0.111. The third-order valence-electron chi connectivity index (χ3n) is 5.94. The van der Waals surface area contributed by atoms with Crippen LogP contribution in [0.2, 0.25) is 0 Å². The van der Waals surface area contributed by atoms with Gasteiger partial charge in [-0.05, 0) is 48.2 Å². The molecule has 4 aromatic rings. The van der Waals surface area contributed by atoms with E-state index >= 15 is 0 Å². The lowest BCUT2D eigenvalue weighted by atomic mass is 9.93. The van der Waals surface area contributed by atoms with Crippen LogP contribution >= 0.6 is 0 Å². The van der Waals surface area contributed by atoms with E-state index in [1.807, 2.05) is 12.1 Å². The van der Waals surface area contributed by atoms with Crippen molar-refractivity contribution >= 4 is 22.7 Å². The first kappa shape index (κ1) is 19.1. The van der Waals surface area contributed by atoms with Gasteiger partial charge < -0.3 is 4.90 Å². The summed E-state index contributed by atoms with van der Waals surface area (Å²) in [5.41, 5.74) is 9.37. The second-order valence-electron chi connectivity index (χ2n) is 7.81. The van der Waals surface area contributed by atoms with E-state index in [0.717, 1.165) is 51.2 Å². The number of para-hydroxylation sites is 3. The molecule has 0 saturated heterocycles. The van der Waals surface area contributed by atoms with Crippen molar-refractivity contribution in [2.75, 3.05) is 4.90 Å². The van der Waals surface area contributed by atoms with Gasteiger partial charge in [-0.2, -0.15) is 0 Å². The second-order valence-corrected chi connectivity index (χ2v) is 7.81. The average molecular weight is 406 g/mol. The normalized spacial score (nSPS) is 11.9. The van der Waals surface area contributed by atoms with Gasteiger partial charge in [0.1, 0.15) is 5.69 Å². The molecule has 0 N–H and O–H groups in total.